The first-order valence-electron chi connectivity index (χ1n) is 10.7. The van der Waals surface area contributed by atoms with E-state index in [-0.39, 0.29) is 6.04 Å². The lowest BCUT2D eigenvalue weighted by Crippen LogP contribution is -2.29. The number of pyridine rings is 1. The quantitative estimate of drug-likeness (QED) is 0.552. The van der Waals surface area contributed by atoms with Gasteiger partial charge in [-0.05, 0) is 61.2 Å². The monoisotopic (exact) mass is 435 g/mol. The number of sulfonamides is 1. The Labute approximate surface area is 185 Å². The van der Waals surface area contributed by atoms with Crippen LogP contribution >= 0.6 is 0 Å². The van der Waals surface area contributed by atoms with Gasteiger partial charge in [-0.2, -0.15) is 4.31 Å². The topological polar surface area (TPSA) is 53.5 Å². The molecule has 0 aliphatic heterocycles. The molecule has 1 aromatic heterocycles. The van der Waals surface area contributed by atoms with Crippen LogP contribution in [0.1, 0.15) is 41.3 Å². The lowest BCUT2D eigenvalue weighted by atomic mass is 9.91. The van der Waals surface area contributed by atoms with E-state index in [2.05, 4.69) is 23.0 Å². The molecule has 0 fully saturated rings. The molecule has 31 heavy (non-hydrogen) atoms. The summed E-state index contributed by atoms with van der Waals surface area (Å²) in [6.45, 7) is 1.02. The smallest absolute Gasteiger partial charge is 0.243 e. The molecule has 0 N–H and O–H groups in total. The van der Waals surface area contributed by atoms with Gasteiger partial charge in [0, 0.05) is 26.3 Å². The highest BCUT2D eigenvalue weighted by atomic mass is 32.2. The molecule has 3 aromatic rings. The Kier molecular flexibility index (Phi) is 6.51. The van der Waals surface area contributed by atoms with E-state index in [1.165, 1.54) is 9.87 Å². The summed E-state index contributed by atoms with van der Waals surface area (Å²) < 4.78 is 27.7. The Balaban J connectivity index is 1.51. The third kappa shape index (κ3) is 4.87. The molecule has 1 unspecified atom stereocenters. The van der Waals surface area contributed by atoms with Crippen LogP contribution in [0, 0.1) is 0 Å². The van der Waals surface area contributed by atoms with Crippen LogP contribution in [0.4, 0.5) is 0 Å². The highest BCUT2D eigenvalue weighted by Crippen LogP contribution is 2.32. The largest absolute Gasteiger partial charge is 0.294 e. The summed E-state index contributed by atoms with van der Waals surface area (Å²) in [5, 5.41) is 0. The first kappa shape index (κ1) is 21.7. The third-order valence-electron chi connectivity index (χ3n) is 5.98. The fourth-order valence-corrected chi connectivity index (χ4v) is 5.55. The van der Waals surface area contributed by atoms with Crippen molar-refractivity contribution in [1.82, 2.24) is 14.2 Å². The number of rotatable bonds is 7. The zero-order valence-corrected chi connectivity index (χ0v) is 18.9. The van der Waals surface area contributed by atoms with Crippen molar-refractivity contribution in [3.8, 4) is 0 Å². The third-order valence-corrected chi connectivity index (χ3v) is 7.78. The molecule has 5 nitrogen and oxygen atoms in total. The summed E-state index contributed by atoms with van der Waals surface area (Å²) in [7, 11) is 0.159. The summed E-state index contributed by atoms with van der Waals surface area (Å²) in [6.07, 6.45) is 5.15. The molecule has 2 aromatic carbocycles. The molecule has 1 atom stereocenters. The Morgan fingerprint density at radius 1 is 0.935 bits per heavy atom. The van der Waals surface area contributed by atoms with Crippen LogP contribution in [0.5, 0.6) is 0 Å². The van der Waals surface area contributed by atoms with Crippen LogP contribution in [0.15, 0.2) is 77.8 Å². The number of hydrogen-bond donors (Lipinski definition) is 0. The number of fused-ring (bicyclic) bond motifs is 1. The van der Waals surface area contributed by atoms with Gasteiger partial charge in [0.25, 0.3) is 0 Å². The molecule has 0 spiro atoms. The fraction of sp³-hybridized carbons (Fsp3) is 0.320. The molecular formula is C25H29N3O2S. The highest BCUT2D eigenvalue weighted by molar-refractivity contribution is 7.89. The van der Waals surface area contributed by atoms with Crippen LogP contribution in [0.25, 0.3) is 0 Å². The Bertz CT molecular complexity index is 1130. The van der Waals surface area contributed by atoms with Gasteiger partial charge in [-0.15, -0.1) is 0 Å². The van der Waals surface area contributed by atoms with Crippen LogP contribution in [0.2, 0.25) is 0 Å². The van der Waals surface area contributed by atoms with Gasteiger partial charge in [0.05, 0.1) is 16.6 Å². The summed E-state index contributed by atoms with van der Waals surface area (Å²) in [4.78, 5) is 7.25. The van der Waals surface area contributed by atoms with Gasteiger partial charge in [0.15, 0.2) is 0 Å². The van der Waals surface area contributed by atoms with E-state index in [1.54, 1.807) is 19.2 Å². The summed E-state index contributed by atoms with van der Waals surface area (Å²) in [6, 6.07) is 21.4. The zero-order valence-electron chi connectivity index (χ0n) is 18.1. The SMILES string of the molecule is CN(Cc1cccc(S(=O)(=O)N(C)Cc2ccccc2)c1)C1CCCc2cccnc21. The molecule has 0 radical (unpaired) electrons. The molecule has 1 heterocycles. The maximum atomic E-state index is 13.1. The lowest BCUT2D eigenvalue weighted by molar-refractivity contribution is 0.208. The molecule has 0 saturated carbocycles. The summed E-state index contributed by atoms with van der Waals surface area (Å²) in [5.41, 5.74) is 4.43. The van der Waals surface area contributed by atoms with Gasteiger partial charge in [-0.1, -0.05) is 48.5 Å². The Hall–Kier alpha value is -2.54. The predicted octanol–water partition coefficient (Wildman–Crippen LogP) is 4.41. The first-order chi connectivity index (χ1) is 14.9. The molecule has 4 rings (SSSR count). The average Bonchev–Trinajstić information content (AvgIpc) is 2.79. The minimum Gasteiger partial charge on any atom is -0.294 e. The number of hydrogen-bond acceptors (Lipinski definition) is 4. The van der Waals surface area contributed by atoms with E-state index >= 15 is 0 Å². The molecule has 1 aliphatic carbocycles. The maximum absolute atomic E-state index is 13.1. The van der Waals surface area contributed by atoms with Crippen molar-refractivity contribution in [2.75, 3.05) is 14.1 Å². The van der Waals surface area contributed by atoms with E-state index in [9.17, 15) is 8.42 Å². The Morgan fingerprint density at radius 3 is 2.52 bits per heavy atom. The van der Waals surface area contributed by atoms with Crippen molar-refractivity contribution in [1.29, 1.82) is 0 Å². The zero-order chi connectivity index (χ0) is 21.8. The molecule has 162 valence electrons. The minimum atomic E-state index is -3.57. The molecule has 1 aliphatic rings. The summed E-state index contributed by atoms with van der Waals surface area (Å²) >= 11 is 0. The fourth-order valence-electron chi connectivity index (χ4n) is 4.32. The van der Waals surface area contributed by atoms with Crippen LogP contribution in [0.3, 0.4) is 0 Å². The summed E-state index contributed by atoms with van der Waals surface area (Å²) in [5.74, 6) is 0. The van der Waals surface area contributed by atoms with Gasteiger partial charge in [0.2, 0.25) is 10.0 Å². The first-order valence-corrected chi connectivity index (χ1v) is 12.1. The van der Waals surface area contributed by atoms with Crippen molar-refractivity contribution in [2.45, 2.75) is 43.3 Å². The van der Waals surface area contributed by atoms with E-state index in [0.717, 1.165) is 36.1 Å². The highest BCUT2D eigenvalue weighted by Gasteiger charge is 2.26. The normalized spacial score (nSPS) is 16.5. The molecular weight excluding hydrogens is 406 g/mol. The van der Waals surface area contributed by atoms with Crippen molar-refractivity contribution in [2.24, 2.45) is 0 Å². The second kappa shape index (κ2) is 9.30. The van der Waals surface area contributed by atoms with Crippen LogP contribution in [-0.2, 0) is 29.5 Å². The number of nitrogens with zero attached hydrogens (tertiary/aromatic N) is 3. The molecule has 0 amide bonds. The van der Waals surface area contributed by atoms with E-state index in [1.807, 2.05) is 54.7 Å². The van der Waals surface area contributed by atoms with Gasteiger partial charge < -0.3 is 0 Å². The van der Waals surface area contributed by atoms with Gasteiger partial charge in [0.1, 0.15) is 0 Å². The number of benzene rings is 2. The van der Waals surface area contributed by atoms with Crippen molar-refractivity contribution < 1.29 is 8.42 Å². The van der Waals surface area contributed by atoms with Gasteiger partial charge in [-0.25, -0.2) is 8.42 Å². The van der Waals surface area contributed by atoms with Crippen LogP contribution in [-0.4, -0.2) is 36.7 Å². The number of aromatic nitrogens is 1. The molecule has 6 heteroatoms. The van der Waals surface area contributed by atoms with E-state index < -0.39 is 10.0 Å². The maximum Gasteiger partial charge on any atom is 0.243 e. The predicted molar refractivity (Wildman–Crippen MR) is 123 cm³/mol. The van der Waals surface area contributed by atoms with E-state index in [0.29, 0.717) is 18.0 Å². The molecule has 0 bridgehead atoms. The second-order valence-electron chi connectivity index (χ2n) is 8.26. The standard InChI is InChI=1S/C25H29N3O2S/c1-27(24-15-7-12-22-13-8-16-26-25(22)24)18-21-11-6-14-23(17-21)31(29,30)28(2)19-20-9-4-3-5-10-20/h3-6,8-11,13-14,16-17,24H,7,12,15,18-19H2,1-2H3. The van der Waals surface area contributed by atoms with E-state index in [4.69, 9.17) is 0 Å². The lowest BCUT2D eigenvalue weighted by Gasteiger charge is -2.32. The number of aryl methyl sites for hydroxylation is 1. The second-order valence-corrected chi connectivity index (χ2v) is 10.3. The minimum absolute atomic E-state index is 0.256. The van der Waals surface area contributed by atoms with Crippen LogP contribution < -0.4 is 0 Å². The average molecular weight is 436 g/mol. The van der Waals surface area contributed by atoms with Gasteiger partial charge >= 0.3 is 0 Å². The Morgan fingerprint density at radius 2 is 1.71 bits per heavy atom. The van der Waals surface area contributed by atoms with Gasteiger partial charge in [-0.3, -0.25) is 9.88 Å². The van der Waals surface area contributed by atoms with Crippen molar-refractivity contribution in [3.05, 3.63) is 95.3 Å². The molecule has 0 saturated heterocycles. The van der Waals surface area contributed by atoms with Crippen molar-refractivity contribution in [3.63, 3.8) is 0 Å². The van der Waals surface area contributed by atoms with Crippen molar-refractivity contribution >= 4 is 10.0 Å².